The average Bonchev–Trinajstić information content (AvgIpc) is 3.13. The Labute approximate surface area is 150 Å². The van der Waals surface area contributed by atoms with E-state index in [-0.39, 0.29) is 17.5 Å². The highest BCUT2D eigenvalue weighted by molar-refractivity contribution is 6.30. The van der Waals surface area contributed by atoms with Crippen LogP contribution in [0.25, 0.3) is 5.70 Å². The van der Waals surface area contributed by atoms with Crippen molar-refractivity contribution >= 4 is 28.9 Å². The minimum absolute atomic E-state index is 0.00525. The largest absolute Gasteiger partial charge is 0.358 e. The fourth-order valence-electron chi connectivity index (χ4n) is 4.17. The smallest absolute Gasteiger partial charge is 0.192 e. The van der Waals surface area contributed by atoms with Crippen molar-refractivity contribution in [2.24, 2.45) is 0 Å². The molecule has 1 heterocycles. The first kappa shape index (κ1) is 14.7. The van der Waals surface area contributed by atoms with Crippen LogP contribution in [0.2, 0.25) is 5.02 Å². The van der Waals surface area contributed by atoms with Gasteiger partial charge in [0.1, 0.15) is 0 Å². The van der Waals surface area contributed by atoms with Gasteiger partial charge in [-0.1, -0.05) is 48.0 Å². The molecule has 1 atom stereocenters. The molecular formula is C21H14ClNO2. The van der Waals surface area contributed by atoms with E-state index < -0.39 is 0 Å². The van der Waals surface area contributed by atoms with Crippen molar-refractivity contribution in [1.29, 1.82) is 0 Å². The molecule has 0 saturated carbocycles. The zero-order valence-electron chi connectivity index (χ0n) is 13.3. The fraction of sp³-hybridized carbons (Fsp3) is 0.143. The van der Waals surface area contributed by atoms with Gasteiger partial charge in [0.2, 0.25) is 0 Å². The molecule has 3 nitrogen and oxygen atoms in total. The van der Waals surface area contributed by atoms with Crippen molar-refractivity contribution in [2.45, 2.75) is 18.8 Å². The fourth-order valence-corrected chi connectivity index (χ4v) is 4.37. The van der Waals surface area contributed by atoms with Gasteiger partial charge in [-0.15, -0.1) is 0 Å². The molecule has 0 radical (unpaired) electrons. The van der Waals surface area contributed by atoms with E-state index in [1.165, 1.54) is 0 Å². The number of ketones is 2. The number of hydrogen-bond donors (Lipinski definition) is 1. The molecule has 122 valence electrons. The third-order valence-corrected chi connectivity index (χ3v) is 5.45. The number of benzene rings is 2. The van der Waals surface area contributed by atoms with Gasteiger partial charge in [0, 0.05) is 45.3 Å². The number of carbonyl (C=O) groups excluding carboxylic acids is 2. The second-order valence-corrected chi connectivity index (χ2v) is 7.03. The lowest BCUT2D eigenvalue weighted by molar-refractivity contribution is -0.115. The lowest BCUT2D eigenvalue weighted by Crippen LogP contribution is -2.25. The van der Waals surface area contributed by atoms with Crippen molar-refractivity contribution in [3.05, 3.63) is 87.1 Å². The van der Waals surface area contributed by atoms with Gasteiger partial charge in [0.15, 0.2) is 11.6 Å². The maximum Gasteiger partial charge on any atom is 0.192 e. The molecule has 0 fully saturated rings. The molecule has 0 bridgehead atoms. The maximum atomic E-state index is 13.1. The van der Waals surface area contributed by atoms with Gasteiger partial charge in [0.25, 0.3) is 0 Å². The zero-order valence-corrected chi connectivity index (χ0v) is 14.1. The van der Waals surface area contributed by atoms with Crippen molar-refractivity contribution in [3.63, 3.8) is 0 Å². The Bertz CT molecular complexity index is 1030. The van der Waals surface area contributed by atoms with Gasteiger partial charge in [-0.05, 0) is 24.1 Å². The summed E-state index contributed by atoms with van der Waals surface area (Å²) in [7, 11) is 0. The average molecular weight is 348 g/mol. The van der Waals surface area contributed by atoms with E-state index in [0.29, 0.717) is 29.0 Å². The van der Waals surface area contributed by atoms with Crippen LogP contribution in [0.5, 0.6) is 0 Å². The molecule has 3 aliphatic rings. The van der Waals surface area contributed by atoms with Crippen molar-refractivity contribution in [2.75, 3.05) is 0 Å². The Morgan fingerprint density at radius 3 is 2.52 bits per heavy atom. The molecule has 2 aromatic rings. The number of fused-ring (bicyclic) bond motifs is 2. The van der Waals surface area contributed by atoms with Gasteiger partial charge >= 0.3 is 0 Å². The zero-order chi connectivity index (χ0) is 17.1. The van der Waals surface area contributed by atoms with Crippen LogP contribution in [-0.2, 0) is 4.79 Å². The lowest BCUT2D eigenvalue weighted by atomic mass is 9.80. The lowest BCUT2D eigenvalue weighted by Gasteiger charge is -2.27. The number of allylic oxidation sites excluding steroid dienone is 3. The molecule has 5 rings (SSSR count). The highest BCUT2D eigenvalue weighted by Gasteiger charge is 2.44. The highest BCUT2D eigenvalue weighted by Crippen LogP contribution is 2.49. The Balaban J connectivity index is 1.77. The molecule has 0 aromatic heterocycles. The molecule has 1 unspecified atom stereocenters. The maximum absolute atomic E-state index is 13.1. The van der Waals surface area contributed by atoms with Crippen molar-refractivity contribution < 1.29 is 9.59 Å². The minimum Gasteiger partial charge on any atom is -0.358 e. The predicted octanol–water partition coefficient (Wildman–Crippen LogP) is 4.25. The summed E-state index contributed by atoms with van der Waals surface area (Å²) in [5.41, 5.74) is 5.68. The van der Waals surface area contributed by atoms with Gasteiger partial charge in [0.05, 0.1) is 5.70 Å². The molecule has 1 N–H and O–H groups in total. The number of hydrogen-bond acceptors (Lipinski definition) is 3. The normalized spacial score (nSPS) is 21.2. The van der Waals surface area contributed by atoms with Gasteiger partial charge in [-0.2, -0.15) is 0 Å². The van der Waals surface area contributed by atoms with E-state index in [4.69, 9.17) is 11.6 Å². The summed E-state index contributed by atoms with van der Waals surface area (Å²) in [6.07, 6.45) is 1.18. The Kier molecular flexibility index (Phi) is 3.03. The molecule has 0 saturated heterocycles. The van der Waals surface area contributed by atoms with Crippen LogP contribution >= 0.6 is 11.6 Å². The predicted molar refractivity (Wildman–Crippen MR) is 96.3 cm³/mol. The van der Waals surface area contributed by atoms with E-state index in [2.05, 4.69) is 5.32 Å². The summed E-state index contributed by atoms with van der Waals surface area (Å²) in [5.74, 6) is -0.239. The number of halogens is 1. The summed E-state index contributed by atoms with van der Waals surface area (Å²) in [6.45, 7) is 0. The van der Waals surface area contributed by atoms with Crippen LogP contribution < -0.4 is 5.32 Å². The highest BCUT2D eigenvalue weighted by atomic mass is 35.5. The third kappa shape index (κ3) is 1.99. The number of nitrogens with one attached hydrogen (secondary N) is 1. The number of dihydropyridines is 1. The van der Waals surface area contributed by atoms with Crippen LogP contribution in [0, 0.1) is 0 Å². The Hall–Kier alpha value is -2.65. The second kappa shape index (κ2) is 5.17. The molecule has 0 amide bonds. The molecule has 25 heavy (non-hydrogen) atoms. The molecule has 0 spiro atoms. The van der Waals surface area contributed by atoms with E-state index in [9.17, 15) is 9.59 Å². The summed E-state index contributed by atoms with van der Waals surface area (Å²) >= 11 is 6.19. The summed E-state index contributed by atoms with van der Waals surface area (Å²) in [6, 6.07) is 15.1. The standard InChI is InChI=1S/C21H14ClNO2/c22-12-5-3-4-11(10-12)17-18-15(8-9-16(18)24)23-20-13-6-1-2-7-14(13)21(25)19(17)20/h1-7,10,17,23H,8-9H2. The monoisotopic (exact) mass is 347 g/mol. The van der Waals surface area contributed by atoms with Crippen LogP contribution in [-0.4, -0.2) is 11.6 Å². The van der Waals surface area contributed by atoms with Gasteiger partial charge < -0.3 is 5.32 Å². The molecular weight excluding hydrogens is 334 g/mol. The van der Waals surface area contributed by atoms with Crippen LogP contribution in [0.15, 0.2) is 65.4 Å². The SMILES string of the molecule is O=C1CCC2=C1C(c1cccc(Cl)c1)C1=C(N2)c2ccccc2C1=O. The van der Waals surface area contributed by atoms with E-state index in [0.717, 1.165) is 28.1 Å². The van der Waals surface area contributed by atoms with Crippen LogP contribution in [0.3, 0.4) is 0 Å². The minimum atomic E-state index is -0.347. The Morgan fingerprint density at radius 1 is 0.920 bits per heavy atom. The summed E-state index contributed by atoms with van der Waals surface area (Å²) in [5, 5.41) is 4.00. The van der Waals surface area contributed by atoms with Gasteiger partial charge in [-0.25, -0.2) is 0 Å². The first-order valence-corrected chi connectivity index (χ1v) is 8.70. The topological polar surface area (TPSA) is 46.2 Å². The first-order valence-electron chi connectivity index (χ1n) is 8.32. The Morgan fingerprint density at radius 2 is 1.72 bits per heavy atom. The van der Waals surface area contributed by atoms with Gasteiger partial charge in [-0.3, -0.25) is 9.59 Å². The second-order valence-electron chi connectivity index (χ2n) is 6.59. The number of carbonyl (C=O) groups is 2. The van der Waals surface area contributed by atoms with E-state index in [1.54, 1.807) is 6.07 Å². The molecule has 2 aromatic carbocycles. The molecule has 1 aliphatic heterocycles. The quantitative estimate of drug-likeness (QED) is 0.838. The first-order chi connectivity index (χ1) is 12.1. The third-order valence-electron chi connectivity index (χ3n) is 5.22. The summed E-state index contributed by atoms with van der Waals surface area (Å²) in [4.78, 5) is 25.7. The number of rotatable bonds is 1. The van der Waals surface area contributed by atoms with E-state index in [1.807, 2.05) is 42.5 Å². The van der Waals surface area contributed by atoms with Crippen molar-refractivity contribution in [3.8, 4) is 0 Å². The van der Waals surface area contributed by atoms with Crippen molar-refractivity contribution in [1.82, 2.24) is 5.32 Å². The number of Topliss-reactive ketones (excluding diaryl/α,β-unsaturated/α-hetero) is 2. The van der Waals surface area contributed by atoms with Crippen LogP contribution in [0.1, 0.15) is 40.2 Å². The van der Waals surface area contributed by atoms with E-state index >= 15 is 0 Å². The summed E-state index contributed by atoms with van der Waals surface area (Å²) < 4.78 is 0. The molecule has 4 heteroatoms. The molecule has 2 aliphatic carbocycles. The van der Waals surface area contributed by atoms with Crippen LogP contribution in [0.4, 0.5) is 0 Å².